The van der Waals surface area contributed by atoms with Crippen LogP contribution < -0.4 is 5.32 Å². The third-order valence-corrected chi connectivity index (χ3v) is 4.07. The van der Waals surface area contributed by atoms with Crippen molar-refractivity contribution < 1.29 is 20.4 Å². The van der Waals surface area contributed by atoms with Gasteiger partial charge in [0.15, 0.2) is 0 Å². The largest absolute Gasteiger partial charge is 0.396 e. The molecule has 5 atom stereocenters. The van der Waals surface area contributed by atoms with Gasteiger partial charge in [0, 0.05) is 12.5 Å². The van der Waals surface area contributed by atoms with Crippen molar-refractivity contribution in [3.8, 4) is 0 Å². The molecule has 0 radical (unpaired) electrons. The zero-order valence-corrected chi connectivity index (χ0v) is 10.8. The minimum atomic E-state index is -0.982. The van der Waals surface area contributed by atoms with Gasteiger partial charge < -0.3 is 30.3 Å². The predicted octanol–water partition coefficient (Wildman–Crippen LogP) is -1.35. The minimum Gasteiger partial charge on any atom is -0.396 e. The molecule has 0 spiro atoms. The van der Waals surface area contributed by atoms with Gasteiger partial charge in [-0.1, -0.05) is 0 Å². The summed E-state index contributed by atoms with van der Waals surface area (Å²) in [6.45, 7) is 0.0508. The molecule has 0 bridgehead atoms. The Morgan fingerprint density at radius 2 is 2.10 bits per heavy atom. The number of aliphatic imine (C=N–C) groups is 1. The highest BCUT2D eigenvalue weighted by Gasteiger charge is 2.43. The lowest BCUT2D eigenvalue weighted by molar-refractivity contribution is -0.00386. The van der Waals surface area contributed by atoms with Gasteiger partial charge in [0.1, 0.15) is 23.7 Å². The van der Waals surface area contributed by atoms with Crippen LogP contribution >= 0.6 is 0 Å². The highest BCUT2D eigenvalue weighted by Crippen LogP contribution is 2.38. The topological polar surface area (TPSA) is 123 Å². The van der Waals surface area contributed by atoms with E-state index in [4.69, 9.17) is 0 Å². The molecule has 8 nitrogen and oxygen atoms in total. The summed E-state index contributed by atoms with van der Waals surface area (Å²) in [4.78, 5) is 8.15. The fourth-order valence-corrected chi connectivity index (χ4v) is 2.92. The molecule has 3 rings (SSSR count). The van der Waals surface area contributed by atoms with E-state index in [1.165, 1.54) is 12.7 Å². The Hall–Kier alpha value is -1.48. The number of aliphatic hydroxyl groups excluding tert-OH is 4. The first-order valence-electron chi connectivity index (χ1n) is 6.60. The monoisotopic (exact) mass is 282 g/mol. The molecular formula is C12H18N4O4. The Labute approximate surface area is 115 Å². The molecule has 20 heavy (non-hydrogen) atoms. The summed E-state index contributed by atoms with van der Waals surface area (Å²) in [5.74, 6) is 0.200. The van der Waals surface area contributed by atoms with Crippen LogP contribution in [0.4, 0.5) is 5.82 Å². The number of imidazole rings is 1. The van der Waals surface area contributed by atoms with E-state index in [9.17, 15) is 20.4 Å². The highest BCUT2D eigenvalue weighted by atomic mass is 16.3. The van der Waals surface area contributed by atoms with E-state index >= 15 is 0 Å². The fraction of sp³-hybridized carbons (Fsp3) is 0.667. The Morgan fingerprint density at radius 3 is 2.80 bits per heavy atom. The average Bonchev–Trinajstić information content (AvgIpc) is 2.92. The van der Waals surface area contributed by atoms with Crippen molar-refractivity contribution in [2.24, 2.45) is 10.9 Å². The first-order valence-corrected chi connectivity index (χ1v) is 6.60. The SMILES string of the molecule is OC[C@@H]1C[C@@H](n2cnc3c2NC=NCC3O)[C@H](O)[C@@H]1O. The Morgan fingerprint density at radius 1 is 1.30 bits per heavy atom. The van der Waals surface area contributed by atoms with E-state index < -0.39 is 24.4 Å². The van der Waals surface area contributed by atoms with Crippen molar-refractivity contribution in [1.29, 1.82) is 0 Å². The summed E-state index contributed by atoms with van der Waals surface area (Å²) in [6.07, 6.45) is 0.706. The summed E-state index contributed by atoms with van der Waals surface area (Å²) < 4.78 is 1.69. The first kappa shape index (κ1) is 13.5. The quantitative estimate of drug-likeness (QED) is 0.457. The van der Waals surface area contributed by atoms with Gasteiger partial charge in [-0.15, -0.1) is 0 Å². The molecule has 1 aromatic heterocycles. The molecule has 2 heterocycles. The van der Waals surface area contributed by atoms with Crippen molar-refractivity contribution in [3.63, 3.8) is 0 Å². The number of rotatable bonds is 2. The zero-order valence-electron chi connectivity index (χ0n) is 10.8. The number of aromatic nitrogens is 2. The third kappa shape index (κ3) is 2.01. The number of anilines is 1. The van der Waals surface area contributed by atoms with E-state index in [1.807, 2.05) is 0 Å². The van der Waals surface area contributed by atoms with E-state index in [-0.39, 0.29) is 19.1 Å². The molecule has 1 aliphatic carbocycles. The van der Waals surface area contributed by atoms with Gasteiger partial charge in [-0.05, 0) is 6.42 Å². The summed E-state index contributed by atoms with van der Waals surface area (Å²) in [5.41, 5.74) is 0.469. The maximum Gasteiger partial charge on any atom is 0.137 e. The van der Waals surface area contributed by atoms with Gasteiger partial charge in [0.2, 0.25) is 0 Å². The van der Waals surface area contributed by atoms with Crippen molar-refractivity contribution >= 4 is 12.2 Å². The van der Waals surface area contributed by atoms with E-state index in [0.29, 0.717) is 17.9 Å². The lowest BCUT2D eigenvalue weighted by Crippen LogP contribution is -2.30. The lowest BCUT2D eigenvalue weighted by atomic mass is 10.1. The number of hydrogen-bond donors (Lipinski definition) is 5. The van der Waals surface area contributed by atoms with Crippen LogP contribution in [0.5, 0.6) is 0 Å². The second-order valence-electron chi connectivity index (χ2n) is 5.27. The summed E-state index contributed by atoms with van der Waals surface area (Å²) in [7, 11) is 0. The molecule has 1 unspecified atom stereocenters. The molecule has 1 saturated carbocycles. The second kappa shape index (κ2) is 5.13. The maximum absolute atomic E-state index is 10.1. The van der Waals surface area contributed by atoms with Gasteiger partial charge in [0.05, 0.1) is 31.4 Å². The standard InChI is InChI=1S/C12H18N4O4/c17-3-6-1-7(11(20)10(6)19)16-5-15-9-8(18)2-13-4-14-12(9)16/h4-8,10-11,17-20H,1-3H2,(H,13,14)/t6-,7+,8?,10+,11-/m0/s1. The van der Waals surface area contributed by atoms with Gasteiger partial charge in [-0.2, -0.15) is 0 Å². The van der Waals surface area contributed by atoms with Crippen LogP contribution in [0.2, 0.25) is 0 Å². The van der Waals surface area contributed by atoms with Crippen molar-refractivity contribution in [1.82, 2.24) is 9.55 Å². The van der Waals surface area contributed by atoms with Crippen LogP contribution in [0.1, 0.15) is 24.3 Å². The van der Waals surface area contributed by atoms with Gasteiger partial charge in [-0.3, -0.25) is 4.99 Å². The maximum atomic E-state index is 10.1. The molecule has 0 aromatic carbocycles. The molecule has 1 aromatic rings. The molecule has 0 amide bonds. The molecule has 2 aliphatic rings. The van der Waals surface area contributed by atoms with Crippen LogP contribution in [0.25, 0.3) is 0 Å². The predicted molar refractivity (Wildman–Crippen MR) is 70.4 cm³/mol. The first-order chi connectivity index (χ1) is 9.63. The van der Waals surface area contributed by atoms with Crippen molar-refractivity contribution in [3.05, 3.63) is 12.0 Å². The summed E-state index contributed by atoms with van der Waals surface area (Å²) in [5, 5.41) is 42.1. The van der Waals surface area contributed by atoms with E-state index in [1.54, 1.807) is 4.57 Å². The summed E-state index contributed by atoms with van der Waals surface area (Å²) >= 11 is 0. The van der Waals surface area contributed by atoms with Crippen LogP contribution in [-0.2, 0) is 0 Å². The number of fused-ring (bicyclic) bond motifs is 1. The summed E-state index contributed by atoms with van der Waals surface area (Å²) in [6, 6.07) is -0.399. The number of hydrogen-bond acceptors (Lipinski definition) is 7. The Balaban J connectivity index is 1.94. The van der Waals surface area contributed by atoms with E-state index in [2.05, 4.69) is 15.3 Å². The van der Waals surface area contributed by atoms with Crippen LogP contribution in [0, 0.1) is 5.92 Å². The van der Waals surface area contributed by atoms with Crippen LogP contribution in [0.15, 0.2) is 11.3 Å². The van der Waals surface area contributed by atoms with Crippen LogP contribution in [0.3, 0.4) is 0 Å². The van der Waals surface area contributed by atoms with Crippen molar-refractivity contribution in [2.75, 3.05) is 18.5 Å². The highest BCUT2D eigenvalue weighted by molar-refractivity contribution is 5.76. The van der Waals surface area contributed by atoms with Gasteiger partial charge in [0.25, 0.3) is 0 Å². The average molecular weight is 282 g/mol. The molecule has 1 aliphatic heterocycles. The molecule has 1 fully saturated rings. The molecule has 0 saturated heterocycles. The molecular weight excluding hydrogens is 264 g/mol. The minimum absolute atomic E-state index is 0.177. The lowest BCUT2D eigenvalue weighted by Gasteiger charge is -2.20. The fourth-order valence-electron chi connectivity index (χ4n) is 2.92. The third-order valence-electron chi connectivity index (χ3n) is 4.07. The van der Waals surface area contributed by atoms with Crippen LogP contribution in [-0.4, -0.2) is 61.7 Å². The van der Waals surface area contributed by atoms with Gasteiger partial charge >= 0.3 is 0 Å². The van der Waals surface area contributed by atoms with E-state index in [0.717, 1.165) is 0 Å². The number of aliphatic hydroxyl groups is 4. The number of nitrogens with one attached hydrogen (secondary N) is 1. The second-order valence-corrected chi connectivity index (χ2v) is 5.27. The smallest absolute Gasteiger partial charge is 0.137 e. The molecule has 110 valence electrons. The normalized spacial score (nSPS) is 36.5. The number of nitrogens with zero attached hydrogens (tertiary/aromatic N) is 3. The Kier molecular flexibility index (Phi) is 3.47. The molecule has 8 heteroatoms. The Bertz CT molecular complexity index is 518. The van der Waals surface area contributed by atoms with Gasteiger partial charge in [-0.25, -0.2) is 4.98 Å². The molecule has 5 N–H and O–H groups in total. The van der Waals surface area contributed by atoms with Crippen molar-refractivity contribution in [2.45, 2.75) is 30.8 Å². The zero-order chi connectivity index (χ0) is 14.3.